The molecule has 0 bridgehead atoms. The van der Waals surface area contributed by atoms with E-state index in [0.717, 1.165) is 71.7 Å². The Bertz CT molecular complexity index is 3280. The second-order valence-corrected chi connectivity index (χ2v) is 14.4. The average molecular weight is 728 g/mol. The number of benzene rings is 9. The van der Waals surface area contributed by atoms with Gasteiger partial charge in [-0.05, 0) is 62.2 Å². The third-order valence-corrected chi connectivity index (χ3v) is 10.9. The van der Waals surface area contributed by atoms with Gasteiger partial charge in [-0.1, -0.05) is 182 Å². The van der Waals surface area contributed by atoms with Gasteiger partial charge in [0.1, 0.15) is 11.2 Å². The van der Waals surface area contributed by atoms with Crippen LogP contribution in [0.25, 0.3) is 111 Å². The molecule has 2 aromatic heterocycles. The van der Waals surface area contributed by atoms with Crippen molar-refractivity contribution in [2.24, 2.45) is 0 Å². The number of aromatic nitrogens is 3. The first-order chi connectivity index (χ1) is 28.2. The molecular weight excluding hydrogens is 695 g/mol. The molecule has 4 nitrogen and oxygen atoms in total. The summed E-state index contributed by atoms with van der Waals surface area (Å²) < 4.78 is 6.89. The molecule has 0 unspecified atom stereocenters. The average Bonchev–Trinajstić information content (AvgIpc) is 3.68. The van der Waals surface area contributed by atoms with Gasteiger partial charge in [0.25, 0.3) is 0 Å². The summed E-state index contributed by atoms with van der Waals surface area (Å²) in [4.78, 5) is 15.4. The fourth-order valence-corrected chi connectivity index (χ4v) is 8.05. The van der Waals surface area contributed by atoms with Crippen molar-refractivity contribution in [1.29, 1.82) is 0 Å². The summed E-state index contributed by atoms with van der Waals surface area (Å²) in [7, 11) is 0. The molecular formula is C53H33N3O. The van der Waals surface area contributed by atoms with E-state index in [1.807, 2.05) is 36.4 Å². The number of hydrogen-bond donors (Lipinski definition) is 0. The van der Waals surface area contributed by atoms with Gasteiger partial charge >= 0.3 is 0 Å². The second kappa shape index (κ2) is 13.6. The molecule has 0 aliphatic heterocycles. The van der Waals surface area contributed by atoms with E-state index in [0.29, 0.717) is 17.5 Å². The molecule has 0 saturated heterocycles. The monoisotopic (exact) mass is 727 g/mol. The first kappa shape index (κ1) is 32.7. The SMILES string of the molecule is c1ccc(-c2cccc(-c3nc(-c4ccccc4)nc(-c4cc5c6cccc(-c7ccc(-c8ccc9ccccc9c8)cc7)c6oc5c5ccccc45)n3)c2)cc1. The molecule has 0 N–H and O–H groups in total. The number of nitrogens with zero attached hydrogens (tertiary/aromatic N) is 3. The predicted octanol–water partition coefficient (Wildman–Crippen LogP) is 14.1. The van der Waals surface area contributed by atoms with Crippen LogP contribution in [0.3, 0.4) is 0 Å². The lowest BCUT2D eigenvalue weighted by atomic mass is 9.96. The number of furan rings is 1. The maximum absolute atomic E-state index is 6.89. The summed E-state index contributed by atoms with van der Waals surface area (Å²) in [5, 5.41) is 6.56. The van der Waals surface area contributed by atoms with Crippen LogP contribution >= 0.6 is 0 Å². The summed E-state index contributed by atoms with van der Waals surface area (Å²) in [6.07, 6.45) is 0. The summed E-state index contributed by atoms with van der Waals surface area (Å²) in [6.45, 7) is 0. The highest BCUT2D eigenvalue weighted by Crippen LogP contribution is 2.42. The van der Waals surface area contributed by atoms with Gasteiger partial charge in [0.15, 0.2) is 17.5 Å². The molecule has 4 heteroatoms. The fraction of sp³-hybridized carbons (Fsp3) is 0. The van der Waals surface area contributed by atoms with Crippen molar-refractivity contribution in [3.8, 4) is 67.5 Å². The van der Waals surface area contributed by atoms with Crippen LogP contribution in [0.15, 0.2) is 205 Å². The highest BCUT2D eigenvalue weighted by Gasteiger charge is 2.20. The molecule has 11 aromatic rings. The Hall–Kier alpha value is -7.69. The van der Waals surface area contributed by atoms with E-state index in [-0.39, 0.29) is 0 Å². The lowest BCUT2D eigenvalue weighted by Crippen LogP contribution is -2.00. The largest absolute Gasteiger partial charge is 0.455 e. The summed E-state index contributed by atoms with van der Waals surface area (Å²) >= 11 is 0. The van der Waals surface area contributed by atoms with Crippen molar-refractivity contribution < 1.29 is 4.42 Å². The van der Waals surface area contributed by atoms with Crippen molar-refractivity contribution in [2.75, 3.05) is 0 Å². The molecule has 0 fully saturated rings. The maximum atomic E-state index is 6.89. The number of fused-ring (bicyclic) bond motifs is 6. The van der Waals surface area contributed by atoms with E-state index in [4.69, 9.17) is 19.4 Å². The van der Waals surface area contributed by atoms with Gasteiger partial charge in [0, 0.05) is 38.4 Å². The Labute approximate surface area is 329 Å². The smallest absolute Gasteiger partial charge is 0.164 e. The number of para-hydroxylation sites is 1. The highest BCUT2D eigenvalue weighted by atomic mass is 16.3. The molecule has 266 valence electrons. The van der Waals surface area contributed by atoms with Crippen molar-refractivity contribution in [1.82, 2.24) is 15.0 Å². The van der Waals surface area contributed by atoms with Crippen molar-refractivity contribution in [3.63, 3.8) is 0 Å². The second-order valence-electron chi connectivity index (χ2n) is 14.4. The standard InChI is InChI=1S/C53H33N3O/c1-3-13-34(14-4-1)40-19-11-20-42(32-40)52-54-51(38-16-5-2-6-17-38)55-53(56-52)48-33-47-46-24-12-23-43(49(46)57-50(47)45-22-10-9-21-44(45)48)37-28-25-36(26-29-37)41-30-27-35-15-7-8-18-39(35)31-41/h1-33H. The summed E-state index contributed by atoms with van der Waals surface area (Å²) in [5.41, 5.74) is 11.2. The van der Waals surface area contributed by atoms with Crippen molar-refractivity contribution in [2.45, 2.75) is 0 Å². The zero-order valence-electron chi connectivity index (χ0n) is 30.8. The zero-order chi connectivity index (χ0) is 37.7. The fourth-order valence-electron chi connectivity index (χ4n) is 8.05. The van der Waals surface area contributed by atoms with Crippen molar-refractivity contribution in [3.05, 3.63) is 200 Å². The van der Waals surface area contributed by atoms with Crippen LogP contribution in [0.2, 0.25) is 0 Å². The molecule has 57 heavy (non-hydrogen) atoms. The molecule has 0 radical (unpaired) electrons. The lowest BCUT2D eigenvalue weighted by molar-refractivity contribution is 0.674. The number of hydrogen-bond acceptors (Lipinski definition) is 4. The van der Waals surface area contributed by atoms with Gasteiger partial charge in [-0.25, -0.2) is 15.0 Å². The van der Waals surface area contributed by atoms with Gasteiger partial charge in [0.05, 0.1) is 0 Å². The van der Waals surface area contributed by atoms with Crippen LogP contribution in [-0.2, 0) is 0 Å². The summed E-state index contributed by atoms with van der Waals surface area (Å²) in [5.74, 6) is 1.85. The van der Waals surface area contributed by atoms with Gasteiger partial charge in [-0.3, -0.25) is 0 Å². The van der Waals surface area contributed by atoms with Gasteiger partial charge in [0.2, 0.25) is 0 Å². The van der Waals surface area contributed by atoms with E-state index < -0.39 is 0 Å². The topological polar surface area (TPSA) is 51.8 Å². The van der Waals surface area contributed by atoms with Crippen LogP contribution in [0.4, 0.5) is 0 Å². The Morgan fingerprint density at radius 2 is 0.789 bits per heavy atom. The highest BCUT2D eigenvalue weighted by molar-refractivity contribution is 6.20. The van der Waals surface area contributed by atoms with Crippen molar-refractivity contribution >= 4 is 43.5 Å². The molecule has 11 rings (SSSR count). The van der Waals surface area contributed by atoms with Crippen LogP contribution in [-0.4, -0.2) is 15.0 Å². The minimum absolute atomic E-state index is 0.608. The minimum Gasteiger partial charge on any atom is -0.455 e. The Morgan fingerprint density at radius 1 is 0.263 bits per heavy atom. The molecule has 9 aromatic carbocycles. The molecule has 0 saturated carbocycles. The molecule has 0 atom stereocenters. The molecule has 0 aliphatic carbocycles. The summed E-state index contributed by atoms with van der Waals surface area (Å²) in [6, 6.07) is 69.9. The van der Waals surface area contributed by atoms with Crippen LogP contribution < -0.4 is 0 Å². The van der Waals surface area contributed by atoms with E-state index >= 15 is 0 Å². The Kier molecular flexibility index (Phi) is 7.78. The first-order valence-electron chi connectivity index (χ1n) is 19.2. The Morgan fingerprint density at radius 3 is 1.60 bits per heavy atom. The van der Waals surface area contributed by atoms with Crippen LogP contribution in [0.5, 0.6) is 0 Å². The number of rotatable bonds is 6. The molecule has 0 spiro atoms. The van der Waals surface area contributed by atoms with E-state index in [2.05, 4.69) is 164 Å². The minimum atomic E-state index is 0.608. The van der Waals surface area contributed by atoms with Crippen LogP contribution in [0.1, 0.15) is 0 Å². The van der Waals surface area contributed by atoms with Gasteiger partial charge < -0.3 is 4.42 Å². The quantitative estimate of drug-likeness (QED) is 0.171. The lowest BCUT2D eigenvalue weighted by Gasteiger charge is -2.11. The van der Waals surface area contributed by atoms with E-state index in [1.165, 1.54) is 21.9 Å². The first-order valence-corrected chi connectivity index (χ1v) is 19.2. The molecule has 0 aliphatic rings. The van der Waals surface area contributed by atoms with Crippen LogP contribution in [0, 0.1) is 0 Å². The normalized spacial score (nSPS) is 11.5. The molecule has 0 amide bonds. The third kappa shape index (κ3) is 5.83. The van der Waals surface area contributed by atoms with E-state index in [9.17, 15) is 0 Å². The Balaban J connectivity index is 1.07. The van der Waals surface area contributed by atoms with Gasteiger partial charge in [-0.15, -0.1) is 0 Å². The van der Waals surface area contributed by atoms with Gasteiger partial charge in [-0.2, -0.15) is 0 Å². The maximum Gasteiger partial charge on any atom is 0.164 e. The molecule has 2 heterocycles. The van der Waals surface area contributed by atoms with E-state index in [1.54, 1.807) is 0 Å². The predicted molar refractivity (Wildman–Crippen MR) is 235 cm³/mol. The third-order valence-electron chi connectivity index (χ3n) is 10.9. The zero-order valence-corrected chi connectivity index (χ0v) is 30.8.